The Kier molecular flexibility index (Phi) is 4.04. The summed E-state index contributed by atoms with van der Waals surface area (Å²) in [5.41, 5.74) is 1.11. The van der Waals surface area contributed by atoms with Gasteiger partial charge in [-0.05, 0) is 0 Å². The molecule has 1 aromatic rings. The Morgan fingerprint density at radius 3 is 2.92 bits per heavy atom. The molecule has 3 amide bonds. The van der Waals surface area contributed by atoms with Crippen molar-refractivity contribution < 1.29 is 31.9 Å². The number of hydroxylamine groups is 2. The number of fused-ring (bicyclic) bond motifs is 4. The Bertz CT molecular complexity index is 902. The molecule has 0 radical (unpaired) electrons. The molecule has 13 nitrogen and oxygen atoms in total. The molecule has 134 valence electrons. The summed E-state index contributed by atoms with van der Waals surface area (Å²) in [6.45, 7) is 0.0186. The summed E-state index contributed by atoms with van der Waals surface area (Å²) >= 11 is 0. The molecule has 2 atom stereocenters. The zero-order valence-electron chi connectivity index (χ0n) is 12.7. The molecular formula is C11H12N6O7S. The van der Waals surface area contributed by atoms with Gasteiger partial charge in [0.2, 0.25) is 0 Å². The van der Waals surface area contributed by atoms with Gasteiger partial charge in [-0.1, -0.05) is 0 Å². The van der Waals surface area contributed by atoms with Gasteiger partial charge in [-0.25, -0.2) is 14.6 Å². The molecule has 0 aromatic carbocycles. The average molecular weight is 372 g/mol. The molecule has 25 heavy (non-hydrogen) atoms. The van der Waals surface area contributed by atoms with Gasteiger partial charge in [-0.2, -0.15) is 18.6 Å². The predicted molar refractivity (Wildman–Crippen MR) is 78.0 cm³/mol. The summed E-state index contributed by atoms with van der Waals surface area (Å²) in [7, 11) is -3.26. The van der Waals surface area contributed by atoms with Crippen LogP contribution in [-0.2, 0) is 21.7 Å². The third-order valence-corrected chi connectivity index (χ3v) is 4.16. The molecule has 0 saturated carbocycles. The third-order valence-electron chi connectivity index (χ3n) is 3.81. The minimum Gasteiger partial charge on any atom is -0.463 e. The summed E-state index contributed by atoms with van der Waals surface area (Å²) in [5, 5.41) is 13.1. The maximum Gasteiger partial charge on any atom is 0.440 e. The number of rotatable bonds is 4. The lowest BCUT2D eigenvalue weighted by Gasteiger charge is -2.29. The van der Waals surface area contributed by atoms with Gasteiger partial charge < -0.3 is 10.0 Å². The fraction of sp³-hybridized carbons (Fsp3) is 0.455. The Balaban J connectivity index is 1.97. The minimum atomic E-state index is -4.89. The Morgan fingerprint density at radius 1 is 1.56 bits per heavy atom. The number of carbonyl (C=O) groups is 2. The van der Waals surface area contributed by atoms with Crippen molar-refractivity contribution in [3.05, 3.63) is 17.5 Å². The molecule has 2 N–H and O–H groups in total. The van der Waals surface area contributed by atoms with Gasteiger partial charge in [0.1, 0.15) is 12.1 Å². The molecule has 1 aromatic heterocycles. The van der Waals surface area contributed by atoms with E-state index in [-0.39, 0.29) is 13.1 Å². The van der Waals surface area contributed by atoms with Gasteiger partial charge in [0, 0.05) is 12.6 Å². The van der Waals surface area contributed by atoms with Crippen LogP contribution in [0.3, 0.4) is 0 Å². The molecule has 2 unspecified atom stereocenters. The van der Waals surface area contributed by atoms with Crippen LogP contribution < -0.4 is 0 Å². The van der Waals surface area contributed by atoms with E-state index < -0.39 is 34.6 Å². The van der Waals surface area contributed by atoms with Crippen LogP contribution in [0.2, 0.25) is 0 Å². The van der Waals surface area contributed by atoms with Crippen molar-refractivity contribution >= 4 is 28.5 Å². The van der Waals surface area contributed by atoms with Crippen molar-refractivity contribution in [2.45, 2.75) is 12.1 Å². The van der Waals surface area contributed by atoms with Crippen molar-refractivity contribution in [1.29, 1.82) is 0 Å². The molecule has 1 fully saturated rings. The van der Waals surface area contributed by atoms with Crippen LogP contribution in [0, 0.1) is 0 Å². The quantitative estimate of drug-likeness (QED) is 0.543. The summed E-state index contributed by atoms with van der Waals surface area (Å²) in [5.74, 6) is 0. The number of urea groups is 1. The van der Waals surface area contributed by atoms with Crippen molar-refractivity contribution in [2.75, 3.05) is 13.1 Å². The van der Waals surface area contributed by atoms with Crippen molar-refractivity contribution in [3.63, 3.8) is 0 Å². The lowest BCUT2D eigenvalue weighted by molar-refractivity contribution is -0.0317. The second-order valence-electron chi connectivity index (χ2n) is 5.24. The average Bonchev–Trinajstić information content (AvgIpc) is 3.00. The Labute approximate surface area is 140 Å². The van der Waals surface area contributed by atoms with E-state index in [1.807, 2.05) is 6.01 Å². The monoisotopic (exact) mass is 372 g/mol. The standard InChI is InChI=1S/C11H12N6O7S/c1-15-9-6(2-14-15)8-4-16(7(9)3-12-5-13-10(18)19)11(20)17(8)24-25(21,22)23/h2,7-8H,3-4H2,1H3,(H,18,19)(H,21,22,23). The van der Waals surface area contributed by atoms with E-state index in [2.05, 4.69) is 19.4 Å². The number of carboxylic acid groups (broad SMARTS) is 1. The van der Waals surface area contributed by atoms with Gasteiger partial charge in [0.05, 0.1) is 31.0 Å². The number of aromatic nitrogens is 2. The highest BCUT2D eigenvalue weighted by Crippen LogP contribution is 2.43. The Morgan fingerprint density at radius 2 is 2.28 bits per heavy atom. The number of aliphatic imine (C=N–C) groups is 2. The summed E-state index contributed by atoms with van der Waals surface area (Å²) in [4.78, 5) is 30.8. The lowest BCUT2D eigenvalue weighted by atomic mass is 9.98. The maximum absolute atomic E-state index is 12.4. The summed E-state index contributed by atoms with van der Waals surface area (Å²) < 4.78 is 36.8. The van der Waals surface area contributed by atoms with Crippen LogP contribution in [0.25, 0.3) is 0 Å². The fourth-order valence-corrected chi connectivity index (χ4v) is 3.31. The number of hydrogen-bond donors (Lipinski definition) is 2. The molecule has 2 aliphatic rings. The zero-order valence-corrected chi connectivity index (χ0v) is 13.5. The smallest absolute Gasteiger partial charge is 0.440 e. The topological polar surface area (TPSA) is 167 Å². The van der Waals surface area contributed by atoms with E-state index in [4.69, 9.17) is 9.66 Å². The summed E-state index contributed by atoms with van der Waals surface area (Å²) in [6, 6.07) is -0.211. The van der Waals surface area contributed by atoms with E-state index in [9.17, 15) is 18.0 Å². The molecular weight excluding hydrogens is 360 g/mol. The van der Waals surface area contributed by atoms with Crippen LogP contribution in [0.5, 0.6) is 0 Å². The summed E-state index contributed by atoms with van der Waals surface area (Å²) in [6.07, 6.45) is -0.00288. The normalized spacial score (nSPS) is 21.8. The first-order chi connectivity index (χ1) is 11.7. The second kappa shape index (κ2) is 5.93. The lowest BCUT2D eigenvalue weighted by Crippen LogP contribution is -2.37. The molecule has 1 saturated heterocycles. The van der Waals surface area contributed by atoms with E-state index >= 15 is 0 Å². The first-order valence-electron chi connectivity index (χ1n) is 6.83. The van der Waals surface area contributed by atoms with Crippen molar-refractivity contribution in [2.24, 2.45) is 17.0 Å². The van der Waals surface area contributed by atoms with Crippen LogP contribution in [0.4, 0.5) is 9.59 Å². The minimum absolute atomic E-state index is 0.0680. The predicted octanol–water partition coefficient (Wildman–Crippen LogP) is -0.160. The van der Waals surface area contributed by atoms with Crippen LogP contribution in [0.1, 0.15) is 23.3 Å². The van der Waals surface area contributed by atoms with E-state index in [1.54, 1.807) is 7.05 Å². The van der Waals surface area contributed by atoms with Gasteiger partial charge in [0.25, 0.3) is 0 Å². The molecule has 2 aliphatic heterocycles. The van der Waals surface area contributed by atoms with Crippen molar-refractivity contribution in [3.8, 4) is 0 Å². The van der Waals surface area contributed by atoms with Crippen LogP contribution >= 0.6 is 0 Å². The van der Waals surface area contributed by atoms with E-state index in [0.717, 1.165) is 0 Å². The Hall–Kier alpha value is -2.80. The first-order valence-corrected chi connectivity index (χ1v) is 8.19. The number of nitrogens with zero attached hydrogens (tertiary/aromatic N) is 6. The third kappa shape index (κ3) is 3.10. The number of aryl methyl sites for hydroxylation is 1. The number of carbonyl (C=O) groups excluding carboxylic acids is 1. The SMILES string of the molecule is Cn1ncc2c1C(CN=C=NC(=O)O)N1CC2N(OS(=O)(=O)O)C1=O. The van der Waals surface area contributed by atoms with Crippen molar-refractivity contribution in [1.82, 2.24) is 19.7 Å². The van der Waals surface area contributed by atoms with Gasteiger partial charge in [-0.15, -0.1) is 9.28 Å². The highest BCUT2D eigenvalue weighted by atomic mass is 32.3. The van der Waals surface area contributed by atoms with E-state index in [1.165, 1.54) is 15.8 Å². The zero-order chi connectivity index (χ0) is 18.4. The largest absolute Gasteiger partial charge is 0.463 e. The van der Waals surface area contributed by atoms with Gasteiger partial charge in [0.15, 0.2) is 0 Å². The molecule has 0 spiro atoms. The van der Waals surface area contributed by atoms with Gasteiger partial charge in [-0.3, -0.25) is 9.23 Å². The first kappa shape index (κ1) is 17.0. The van der Waals surface area contributed by atoms with E-state index in [0.29, 0.717) is 16.3 Å². The molecule has 2 bridgehead atoms. The molecule has 3 rings (SSSR count). The molecule has 14 heteroatoms. The van der Waals surface area contributed by atoms with Crippen LogP contribution in [-0.4, -0.2) is 69.0 Å². The number of amides is 3. The maximum atomic E-state index is 12.4. The number of hydrogen-bond acceptors (Lipinski definition) is 7. The molecule has 3 heterocycles. The highest BCUT2D eigenvalue weighted by molar-refractivity contribution is 7.80. The fourth-order valence-electron chi connectivity index (χ4n) is 2.94. The van der Waals surface area contributed by atoms with Gasteiger partial charge >= 0.3 is 22.5 Å². The molecule has 0 aliphatic carbocycles. The highest BCUT2D eigenvalue weighted by Gasteiger charge is 2.51. The van der Waals surface area contributed by atoms with Crippen LogP contribution in [0.15, 0.2) is 16.2 Å². The second-order valence-corrected chi connectivity index (χ2v) is 6.24.